The molecule has 3 nitrogen and oxygen atoms in total. The first-order valence-corrected chi connectivity index (χ1v) is 4.45. The van der Waals surface area contributed by atoms with Gasteiger partial charge in [0.05, 0.1) is 13.2 Å². The van der Waals surface area contributed by atoms with Crippen LogP contribution in [0.1, 0.15) is 17.9 Å². The van der Waals surface area contributed by atoms with Gasteiger partial charge >= 0.3 is 0 Å². The molecule has 0 aliphatic carbocycles. The third kappa shape index (κ3) is 1.35. The molecule has 0 spiro atoms. The number of aliphatic hydroxyl groups is 1. The zero-order valence-corrected chi connectivity index (χ0v) is 7.36. The number of nitrogens with two attached hydrogens (primary N) is 1. The second-order valence-electron chi connectivity index (χ2n) is 3.28. The molecule has 0 fully saturated rings. The summed E-state index contributed by atoms with van der Waals surface area (Å²) in [7, 11) is 0. The van der Waals surface area contributed by atoms with Crippen LogP contribution in [-0.4, -0.2) is 18.3 Å². The highest BCUT2D eigenvalue weighted by atomic mass is 16.5. The van der Waals surface area contributed by atoms with Gasteiger partial charge in [0.15, 0.2) is 0 Å². The first-order valence-electron chi connectivity index (χ1n) is 4.45. The Kier molecular flexibility index (Phi) is 2.10. The van der Waals surface area contributed by atoms with E-state index in [4.69, 9.17) is 15.6 Å². The van der Waals surface area contributed by atoms with Gasteiger partial charge in [0.25, 0.3) is 0 Å². The van der Waals surface area contributed by atoms with Crippen molar-refractivity contribution in [3.05, 3.63) is 23.8 Å². The minimum Gasteiger partial charge on any atom is -0.493 e. The van der Waals surface area contributed by atoms with E-state index in [0.29, 0.717) is 6.61 Å². The summed E-state index contributed by atoms with van der Waals surface area (Å²) in [5.74, 6) is 0.968. The molecule has 70 valence electrons. The van der Waals surface area contributed by atoms with Crippen LogP contribution >= 0.6 is 0 Å². The molecule has 0 aromatic heterocycles. The van der Waals surface area contributed by atoms with Gasteiger partial charge in [-0.2, -0.15) is 0 Å². The maximum Gasteiger partial charge on any atom is 0.124 e. The van der Waals surface area contributed by atoms with Crippen LogP contribution < -0.4 is 10.5 Å². The number of hydrogen-bond acceptors (Lipinski definition) is 3. The van der Waals surface area contributed by atoms with Crippen molar-refractivity contribution in [1.82, 2.24) is 0 Å². The molecule has 2 rings (SSSR count). The van der Waals surface area contributed by atoms with Crippen molar-refractivity contribution in [3.8, 4) is 5.75 Å². The van der Waals surface area contributed by atoms with Gasteiger partial charge in [-0.05, 0) is 18.6 Å². The fraction of sp³-hybridized carbons (Fsp3) is 0.400. The Bertz CT molecular complexity index is 312. The number of aliphatic hydroxyl groups excluding tert-OH is 1. The predicted molar refractivity (Wildman–Crippen MR) is 50.8 cm³/mol. The van der Waals surface area contributed by atoms with Crippen molar-refractivity contribution in [1.29, 1.82) is 0 Å². The number of rotatable bonds is 1. The first-order chi connectivity index (χ1) is 6.33. The van der Waals surface area contributed by atoms with E-state index >= 15 is 0 Å². The Morgan fingerprint density at radius 3 is 3.15 bits per heavy atom. The van der Waals surface area contributed by atoms with E-state index < -0.39 is 0 Å². The van der Waals surface area contributed by atoms with Crippen molar-refractivity contribution in [2.24, 2.45) is 0 Å². The standard InChI is InChI=1S/C10H13NO2/c11-8-2-1-3-9-10(8)7(6-12)4-5-13-9/h1-3,7,12H,4-6,11H2. The van der Waals surface area contributed by atoms with Crippen molar-refractivity contribution in [2.45, 2.75) is 12.3 Å². The van der Waals surface area contributed by atoms with Gasteiger partial charge in [-0.15, -0.1) is 0 Å². The van der Waals surface area contributed by atoms with E-state index in [1.54, 1.807) is 0 Å². The Hall–Kier alpha value is -1.22. The van der Waals surface area contributed by atoms with Crippen molar-refractivity contribution >= 4 is 5.69 Å². The second-order valence-corrected chi connectivity index (χ2v) is 3.28. The molecule has 0 saturated carbocycles. The largest absolute Gasteiger partial charge is 0.493 e. The summed E-state index contributed by atoms with van der Waals surface area (Å²) in [6.07, 6.45) is 0.845. The summed E-state index contributed by atoms with van der Waals surface area (Å²) in [6, 6.07) is 5.61. The van der Waals surface area contributed by atoms with Crippen LogP contribution in [0.3, 0.4) is 0 Å². The summed E-state index contributed by atoms with van der Waals surface area (Å²) in [6.45, 7) is 0.812. The third-order valence-electron chi connectivity index (χ3n) is 2.45. The summed E-state index contributed by atoms with van der Waals surface area (Å²) in [5, 5.41) is 9.15. The number of hydrogen-bond donors (Lipinski definition) is 2. The van der Waals surface area contributed by atoms with Crippen LogP contribution in [0, 0.1) is 0 Å². The average Bonchev–Trinajstić information content (AvgIpc) is 2.17. The van der Waals surface area contributed by atoms with Gasteiger partial charge in [0.1, 0.15) is 5.75 Å². The normalized spacial score (nSPS) is 20.5. The Labute approximate surface area is 77.1 Å². The quantitative estimate of drug-likeness (QED) is 0.635. The number of nitrogen functional groups attached to an aromatic ring is 1. The lowest BCUT2D eigenvalue weighted by Crippen LogP contribution is -2.18. The highest BCUT2D eigenvalue weighted by Crippen LogP contribution is 2.36. The van der Waals surface area contributed by atoms with Gasteiger partial charge in [-0.1, -0.05) is 6.07 Å². The predicted octanol–water partition coefficient (Wildman–Crippen LogP) is 1.13. The summed E-state index contributed by atoms with van der Waals surface area (Å²) < 4.78 is 5.45. The van der Waals surface area contributed by atoms with Gasteiger partial charge in [-0.3, -0.25) is 0 Å². The van der Waals surface area contributed by atoms with Gasteiger partial charge in [0.2, 0.25) is 0 Å². The average molecular weight is 179 g/mol. The molecule has 1 aliphatic heterocycles. The van der Waals surface area contributed by atoms with Gasteiger partial charge in [-0.25, -0.2) is 0 Å². The molecule has 0 saturated heterocycles. The van der Waals surface area contributed by atoms with E-state index in [2.05, 4.69) is 0 Å². The van der Waals surface area contributed by atoms with Crippen LogP contribution in [-0.2, 0) is 0 Å². The monoisotopic (exact) mass is 179 g/mol. The molecular formula is C10H13NO2. The molecule has 1 heterocycles. The van der Waals surface area contributed by atoms with E-state index in [9.17, 15) is 0 Å². The fourth-order valence-electron chi connectivity index (χ4n) is 1.76. The zero-order chi connectivity index (χ0) is 9.26. The van der Waals surface area contributed by atoms with Crippen molar-refractivity contribution in [2.75, 3.05) is 18.9 Å². The van der Waals surface area contributed by atoms with E-state index in [0.717, 1.165) is 23.4 Å². The smallest absolute Gasteiger partial charge is 0.124 e. The number of anilines is 1. The maximum absolute atomic E-state index is 9.15. The number of fused-ring (bicyclic) bond motifs is 1. The topological polar surface area (TPSA) is 55.5 Å². The molecule has 1 aromatic carbocycles. The molecule has 3 heteroatoms. The van der Waals surface area contributed by atoms with Crippen molar-refractivity contribution < 1.29 is 9.84 Å². The molecular weight excluding hydrogens is 166 g/mol. The Morgan fingerprint density at radius 2 is 2.38 bits per heavy atom. The third-order valence-corrected chi connectivity index (χ3v) is 2.45. The molecule has 1 aromatic rings. The molecule has 1 unspecified atom stereocenters. The van der Waals surface area contributed by atoms with E-state index in [1.165, 1.54) is 0 Å². The molecule has 0 radical (unpaired) electrons. The summed E-state index contributed by atoms with van der Waals surface area (Å²) in [4.78, 5) is 0. The maximum atomic E-state index is 9.15. The molecule has 13 heavy (non-hydrogen) atoms. The lowest BCUT2D eigenvalue weighted by molar-refractivity contribution is 0.206. The summed E-state index contributed by atoms with van der Waals surface area (Å²) >= 11 is 0. The Morgan fingerprint density at radius 1 is 1.54 bits per heavy atom. The highest BCUT2D eigenvalue weighted by molar-refractivity contribution is 5.56. The van der Waals surface area contributed by atoms with Crippen molar-refractivity contribution in [3.63, 3.8) is 0 Å². The second kappa shape index (κ2) is 3.26. The fourth-order valence-corrected chi connectivity index (χ4v) is 1.76. The van der Waals surface area contributed by atoms with E-state index in [1.807, 2.05) is 18.2 Å². The SMILES string of the molecule is Nc1cccc2c1C(CO)CCO2. The number of benzene rings is 1. The molecule has 3 N–H and O–H groups in total. The molecule has 1 aliphatic rings. The highest BCUT2D eigenvalue weighted by Gasteiger charge is 2.22. The Balaban J connectivity index is 2.47. The van der Waals surface area contributed by atoms with Gasteiger partial charge in [0, 0.05) is 17.2 Å². The lowest BCUT2D eigenvalue weighted by atomic mass is 9.92. The van der Waals surface area contributed by atoms with Gasteiger partial charge < -0.3 is 15.6 Å². The van der Waals surface area contributed by atoms with Crippen LogP contribution in [0.25, 0.3) is 0 Å². The summed E-state index contributed by atoms with van der Waals surface area (Å²) in [5.41, 5.74) is 7.50. The first kappa shape index (κ1) is 8.38. The molecule has 0 amide bonds. The minimum atomic E-state index is 0.143. The van der Waals surface area contributed by atoms with Crippen LogP contribution in [0.4, 0.5) is 5.69 Å². The van der Waals surface area contributed by atoms with Crippen LogP contribution in [0.2, 0.25) is 0 Å². The zero-order valence-electron chi connectivity index (χ0n) is 7.36. The van der Waals surface area contributed by atoms with E-state index in [-0.39, 0.29) is 12.5 Å². The molecule has 0 bridgehead atoms. The molecule has 1 atom stereocenters. The van der Waals surface area contributed by atoms with Crippen LogP contribution in [0.15, 0.2) is 18.2 Å². The lowest BCUT2D eigenvalue weighted by Gasteiger charge is -2.25. The number of ether oxygens (including phenoxy) is 1. The minimum absolute atomic E-state index is 0.143. The van der Waals surface area contributed by atoms with Crippen LogP contribution in [0.5, 0.6) is 5.75 Å².